The lowest BCUT2D eigenvalue weighted by molar-refractivity contribution is 0.0694. The lowest BCUT2D eigenvalue weighted by Gasteiger charge is -2.12. The minimum atomic E-state index is -1.27. The molecule has 0 aliphatic carbocycles. The Labute approximate surface area is 127 Å². The van der Waals surface area contributed by atoms with E-state index in [1.165, 1.54) is 24.3 Å². The van der Waals surface area contributed by atoms with Gasteiger partial charge in [0.1, 0.15) is 5.56 Å². The maximum atomic E-state index is 13.7. The van der Waals surface area contributed by atoms with Crippen molar-refractivity contribution in [2.24, 2.45) is 0 Å². The molecule has 0 heterocycles. The molecule has 0 spiro atoms. The molecule has 7 heteroatoms. The number of hydrogen-bond donors (Lipinski definition) is 2. The molecule has 0 aliphatic heterocycles. The van der Waals surface area contributed by atoms with Crippen LogP contribution in [0.1, 0.15) is 10.4 Å². The van der Waals surface area contributed by atoms with E-state index in [9.17, 15) is 9.18 Å². The molecule has 0 saturated carbocycles. The first-order valence-corrected chi connectivity index (χ1v) is 6.51. The van der Waals surface area contributed by atoms with Crippen molar-refractivity contribution in [1.82, 2.24) is 0 Å². The van der Waals surface area contributed by atoms with Gasteiger partial charge >= 0.3 is 5.97 Å². The van der Waals surface area contributed by atoms with E-state index in [2.05, 4.69) is 15.9 Å². The lowest BCUT2D eigenvalue weighted by atomic mass is 10.2. The van der Waals surface area contributed by atoms with E-state index in [1.807, 2.05) is 0 Å². The second-order valence-corrected chi connectivity index (χ2v) is 5.18. The van der Waals surface area contributed by atoms with Gasteiger partial charge in [-0.05, 0) is 30.3 Å². The highest BCUT2D eigenvalue weighted by Crippen LogP contribution is 2.36. The zero-order chi connectivity index (χ0) is 14.9. The molecule has 0 amide bonds. The van der Waals surface area contributed by atoms with Gasteiger partial charge in [0.05, 0.1) is 5.02 Å². The number of carboxylic acid groups (broad SMARTS) is 1. The van der Waals surface area contributed by atoms with Gasteiger partial charge in [-0.3, -0.25) is 0 Å². The predicted molar refractivity (Wildman–Crippen MR) is 77.0 cm³/mol. The molecule has 0 aromatic heterocycles. The summed E-state index contributed by atoms with van der Waals surface area (Å²) in [5.41, 5.74) is 5.46. The van der Waals surface area contributed by atoms with Gasteiger partial charge in [-0.15, -0.1) is 0 Å². The highest BCUT2D eigenvalue weighted by atomic mass is 79.9. The van der Waals surface area contributed by atoms with Gasteiger partial charge in [0, 0.05) is 10.2 Å². The van der Waals surface area contributed by atoms with Crippen molar-refractivity contribution in [3.8, 4) is 11.5 Å². The topological polar surface area (TPSA) is 72.5 Å². The molecule has 20 heavy (non-hydrogen) atoms. The van der Waals surface area contributed by atoms with Crippen LogP contribution in [-0.4, -0.2) is 11.1 Å². The van der Waals surface area contributed by atoms with Crippen molar-refractivity contribution >= 4 is 39.2 Å². The van der Waals surface area contributed by atoms with E-state index >= 15 is 0 Å². The number of ether oxygens (including phenoxy) is 1. The fraction of sp³-hybridized carbons (Fsp3) is 0. The van der Waals surface area contributed by atoms with Crippen LogP contribution in [0.4, 0.5) is 10.1 Å². The number of hydrogen-bond acceptors (Lipinski definition) is 3. The van der Waals surface area contributed by atoms with Gasteiger partial charge in [0.15, 0.2) is 17.3 Å². The lowest BCUT2D eigenvalue weighted by Crippen LogP contribution is -2.03. The second kappa shape index (κ2) is 5.68. The Morgan fingerprint density at radius 1 is 1.35 bits per heavy atom. The molecule has 0 bridgehead atoms. The summed E-state index contributed by atoms with van der Waals surface area (Å²) in [6, 6.07) is 6.64. The third-order valence-electron chi connectivity index (χ3n) is 2.40. The van der Waals surface area contributed by atoms with Crippen molar-refractivity contribution in [2.75, 3.05) is 5.73 Å². The molecule has 3 N–H and O–H groups in total. The average molecular weight is 361 g/mol. The van der Waals surface area contributed by atoms with Gasteiger partial charge in [0.2, 0.25) is 0 Å². The molecule has 0 fully saturated rings. The molecule has 4 nitrogen and oxygen atoms in total. The molecule has 104 valence electrons. The molecule has 0 radical (unpaired) electrons. The average Bonchev–Trinajstić information content (AvgIpc) is 2.34. The maximum absolute atomic E-state index is 13.7. The molecular weight excluding hydrogens is 353 g/mol. The SMILES string of the molecule is Nc1cc(Cl)c(Oc2ccc(Br)cc2F)c(C(=O)O)c1. The second-order valence-electron chi connectivity index (χ2n) is 3.86. The predicted octanol–water partition coefficient (Wildman–Crippen LogP) is 4.31. The summed E-state index contributed by atoms with van der Waals surface area (Å²) in [5, 5.41) is 9.10. The third kappa shape index (κ3) is 3.02. The first kappa shape index (κ1) is 14.6. The zero-order valence-corrected chi connectivity index (χ0v) is 12.2. The molecule has 0 saturated heterocycles. The third-order valence-corrected chi connectivity index (χ3v) is 3.18. The van der Waals surface area contributed by atoms with Gasteiger partial charge in [-0.2, -0.15) is 0 Å². The van der Waals surface area contributed by atoms with E-state index in [1.54, 1.807) is 6.07 Å². The first-order chi connectivity index (χ1) is 9.38. The van der Waals surface area contributed by atoms with E-state index < -0.39 is 11.8 Å². The smallest absolute Gasteiger partial charge is 0.339 e. The van der Waals surface area contributed by atoms with Crippen LogP contribution in [0.3, 0.4) is 0 Å². The number of carboxylic acids is 1. The molecule has 2 rings (SSSR count). The number of anilines is 1. The Morgan fingerprint density at radius 3 is 2.65 bits per heavy atom. The fourth-order valence-corrected chi connectivity index (χ4v) is 2.14. The van der Waals surface area contributed by atoms with Crippen molar-refractivity contribution in [3.63, 3.8) is 0 Å². The first-order valence-electron chi connectivity index (χ1n) is 5.33. The zero-order valence-electron chi connectivity index (χ0n) is 9.86. The van der Waals surface area contributed by atoms with Gasteiger partial charge < -0.3 is 15.6 Å². The number of carbonyl (C=O) groups is 1. The van der Waals surface area contributed by atoms with E-state index in [4.69, 9.17) is 27.2 Å². The maximum Gasteiger partial charge on any atom is 0.339 e. The van der Waals surface area contributed by atoms with E-state index in [0.717, 1.165) is 0 Å². The number of nitrogen functional groups attached to an aromatic ring is 1. The Hall–Kier alpha value is -1.79. The summed E-state index contributed by atoms with van der Waals surface area (Å²) in [6.07, 6.45) is 0. The van der Waals surface area contributed by atoms with Crippen LogP contribution < -0.4 is 10.5 Å². The van der Waals surface area contributed by atoms with Crippen LogP contribution in [0.25, 0.3) is 0 Å². The molecule has 0 atom stereocenters. The highest BCUT2D eigenvalue weighted by molar-refractivity contribution is 9.10. The molecular formula is C13H8BrClFNO3. The Morgan fingerprint density at radius 2 is 2.05 bits per heavy atom. The Kier molecular flexibility index (Phi) is 4.15. The number of aromatic carboxylic acids is 1. The molecule has 2 aromatic rings. The van der Waals surface area contributed by atoms with Crippen LogP contribution in [0.5, 0.6) is 11.5 Å². The van der Waals surface area contributed by atoms with Crippen molar-refractivity contribution in [1.29, 1.82) is 0 Å². The minimum absolute atomic E-state index is 0.00952. The standard InChI is InChI=1S/C13H8BrClFNO3/c14-6-1-2-11(10(16)3-6)20-12-8(13(18)19)4-7(17)5-9(12)15/h1-5H,17H2,(H,18,19). The van der Waals surface area contributed by atoms with Gasteiger partial charge in [0.25, 0.3) is 0 Å². The molecule has 0 aliphatic rings. The highest BCUT2D eigenvalue weighted by Gasteiger charge is 2.18. The summed E-state index contributed by atoms with van der Waals surface area (Å²) < 4.78 is 19.5. The minimum Gasteiger partial charge on any atom is -0.478 e. The monoisotopic (exact) mass is 359 g/mol. The summed E-state index contributed by atoms with van der Waals surface area (Å²) in [4.78, 5) is 11.2. The summed E-state index contributed by atoms with van der Waals surface area (Å²) in [5.74, 6) is -2.22. The largest absolute Gasteiger partial charge is 0.478 e. The quantitative estimate of drug-likeness (QED) is 0.800. The fourth-order valence-electron chi connectivity index (χ4n) is 1.54. The van der Waals surface area contributed by atoms with E-state index in [-0.39, 0.29) is 27.8 Å². The van der Waals surface area contributed by atoms with Crippen molar-refractivity contribution in [2.45, 2.75) is 0 Å². The van der Waals surface area contributed by atoms with Crippen molar-refractivity contribution < 1.29 is 19.0 Å². The summed E-state index contributed by atoms with van der Waals surface area (Å²) in [7, 11) is 0. The van der Waals surface area contributed by atoms with Crippen LogP contribution in [0.15, 0.2) is 34.8 Å². The Balaban J connectivity index is 2.50. The number of benzene rings is 2. The van der Waals surface area contributed by atoms with Crippen LogP contribution in [0.2, 0.25) is 5.02 Å². The summed E-state index contributed by atoms with van der Waals surface area (Å²) in [6.45, 7) is 0. The van der Waals surface area contributed by atoms with Gasteiger partial charge in [-0.25, -0.2) is 9.18 Å². The Bertz CT molecular complexity index is 694. The molecule has 2 aromatic carbocycles. The normalized spacial score (nSPS) is 10.3. The molecule has 0 unspecified atom stereocenters. The van der Waals surface area contributed by atoms with Gasteiger partial charge in [-0.1, -0.05) is 27.5 Å². The number of halogens is 3. The number of nitrogens with two attached hydrogens (primary N) is 1. The summed E-state index contributed by atoms with van der Waals surface area (Å²) >= 11 is 9.02. The van der Waals surface area contributed by atoms with E-state index in [0.29, 0.717) is 4.47 Å². The van der Waals surface area contributed by atoms with Crippen molar-refractivity contribution in [3.05, 3.63) is 51.2 Å². The van der Waals surface area contributed by atoms with Crippen LogP contribution in [0, 0.1) is 5.82 Å². The van der Waals surface area contributed by atoms with Crippen LogP contribution in [-0.2, 0) is 0 Å². The number of rotatable bonds is 3. The van der Waals surface area contributed by atoms with Crippen LogP contribution >= 0.6 is 27.5 Å².